The summed E-state index contributed by atoms with van der Waals surface area (Å²) in [6, 6.07) is 10.3. The largest absolute Gasteiger partial charge is 0.368 e. The second-order valence-electron chi connectivity index (χ2n) is 6.78. The Kier molecular flexibility index (Phi) is 6.20. The number of para-hydroxylation sites is 1. The summed E-state index contributed by atoms with van der Waals surface area (Å²) in [5.41, 5.74) is 6.04. The fourth-order valence-corrected chi connectivity index (χ4v) is 2.68. The van der Waals surface area contributed by atoms with Crippen molar-refractivity contribution in [1.82, 2.24) is 10.2 Å². The maximum atomic E-state index is 12.3. The van der Waals surface area contributed by atoms with Crippen LogP contribution < -0.4 is 16.0 Å². The Labute approximate surface area is 144 Å². The van der Waals surface area contributed by atoms with E-state index < -0.39 is 5.54 Å². The average Bonchev–Trinajstić information content (AvgIpc) is 2.58. The maximum absolute atomic E-state index is 12.3. The molecule has 24 heavy (non-hydrogen) atoms. The van der Waals surface area contributed by atoms with Crippen molar-refractivity contribution < 1.29 is 9.59 Å². The summed E-state index contributed by atoms with van der Waals surface area (Å²) in [6.45, 7) is 7.02. The minimum absolute atomic E-state index is 0.156. The van der Waals surface area contributed by atoms with Gasteiger partial charge in [0.1, 0.15) is 0 Å². The fraction of sp³-hybridized carbons (Fsp3) is 0.556. The number of nitrogens with zero attached hydrogens (tertiary/aromatic N) is 2. The molecule has 3 N–H and O–H groups in total. The van der Waals surface area contributed by atoms with Crippen molar-refractivity contribution in [3.63, 3.8) is 0 Å². The molecule has 0 aliphatic carbocycles. The maximum Gasteiger partial charge on any atom is 0.239 e. The van der Waals surface area contributed by atoms with Crippen LogP contribution >= 0.6 is 0 Å². The number of hydrogen-bond acceptors (Lipinski definition) is 4. The first-order chi connectivity index (χ1) is 11.4. The Morgan fingerprint density at radius 1 is 1.12 bits per heavy atom. The Morgan fingerprint density at radius 2 is 1.75 bits per heavy atom. The highest BCUT2D eigenvalue weighted by molar-refractivity contribution is 5.85. The number of amides is 2. The van der Waals surface area contributed by atoms with E-state index in [2.05, 4.69) is 22.3 Å². The molecule has 0 radical (unpaired) electrons. The number of anilines is 1. The quantitative estimate of drug-likeness (QED) is 0.761. The van der Waals surface area contributed by atoms with Crippen molar-refractivity contribution >= 4 is 17.5 Å². The van der Waals surface area contributed by atoms with Gasteiger partial charge >= 0.3 is 0 Å². The molecule has 132 valence electrons. The van der Waals surface area contributed by atoms with Crippen LogP contribution in [0.3, 0.4) is 0 Å². The molecule has 2 amide bonds. The van der Waals surface area contributed by atoms with Crippen LogP contribution in [0.25, 0.3) is 0 Å². The lowest BCUT2D eigenvalue weighted by Gasteiger charge is -2.36. The lowest BCUT2D eigenvalue weighted by molar-refractivity contribution is -0.132. The number of piperazine rings is 1. The van der Waals surface area contributed by atoms with E-state index in [1.807, 2.05) is 23.1 Å². The first-order valence-corrected chi connectivity index (χ1v) is 8.53. The second kappa shape index (κ2) is 8.15. The third-order valence-corrected chi connectivity index (χ3v) is 4.19. The van der Waals surface area contributed by atoms with Gasteiger partial charge in [-0.3, -0.25) is 9.59 Å². The number of benzene rings is 1. The highest BCUT2D eigenvalue weighted by Gasteiger charge is 2.22. The van der Waals surface area contributed by atoms with Crippen LogP contribution in [-0.2, 0) is 9.59 Å². The molecule has 0 saturated carbocycles. The van der Waals surface area contributed by atoms with Gasteiger partial charge < -0.3 is 20.9 Å². The number of carbonyl (C=O) groups excluding carboxylic acids is 2. The van der Waals surface area contributed by atoms with Gasteiger partial charge in [0, 0.05) is 44.8 Å². The smallest absolute Gasteiger partial charge is 0.239 e. The van der Waals surface area contributed by atoms with Gasteiger partial charge in [-0.25, -0.2) is 0 Å². The van der Waals surface area contributed by atoms with Gasteiger partial charge in [0.25, 0.3) is 0 Å². The molecule has 0 spiro atoms. The minimum atomic E-state index is -0.877. The average molecular weight is 332 g/mol. The third-order valence-electron chi connectivity index (χ3n) is 4.19. The lowest BCUT2D eigenvalue weighted by atomic mass is 10.1. The van der Waals surface area contributed by atoms with Gasteiger partial charge in [0.2, 0.25) is 11.8 Å². The van der Waals surface area contributed by atoms with Crippen LogP contribution in [0.15, 0.2) is 30.3 Å². The van der Waals surface area contributed by atoms with Crippen molar-refractivity contribution in [2.24, 2.45) is 5.73 Å². The molecule has 1 saturated heterocycles. The molecule has 1 heterocycles. The number of hydrogen-bond donors (Lipinski definition) is 2. The zero-order chi connectivity index (χ0) is 17.6. The summed E-state index contributed by atoms with van der Waals surface area (Å²) >= 11 is 0. The molecule has 0 atom stereocenters. The van der Waals surface area contributed by atoms with E-state index in [0.717, 1.165) is 26.2 Å². The van der Waals surface area contributed by atoms with E-state index in [1.165, 1.54) is 5.69 Å². The molecule has 1 aliphatic heterocycles. The molecule has 0 aromatic heterocycles. The van der Waals surface area contributed by atoms with Crippen LogP contribution in [0.1, 0.15) is 26.7 Å². The highest BCUT2D eigenvalue weighted by Crippen LogP contribution is 2.16. The third kappa shape index (κ3) is 5.23. The molecule has 6 nitrogen and oxygen atoms in total. The van der Waals surface area contributed by atoms with Gasteiger partial charge in [-0.05, 0) is 32.4 Å². The zero-order valence-electron chi connectivity index (χ0n) is 14.6. The number of nitrogens with two attached hydrogens (primary N) is 1. The van der Waals surface area contributed by atoms with Crippen molar-refractivity contribution in [2.75, 3.05) is 37.6 Å². The van der Waals surface area contributed by atoms with Gasteiger partial charge in [0.15, 0.2) is 0 Å². The number of rotatable bonds is 6. The first-order valence-electron chi connectivity index (χ1n) is 8.53. The van der Waals surface area contributed by atoms with Crippen LogP contribution in [0.2, 0.25) is 0 Å². The van der Waals surface area contributed by atoms with Gasteiger partial charge in [0.05, 0.1) is 5.54 Å². The summed E-state index contributed by atoms with van der Waals surface area (Å²) in [5.74, 6) is -0.0320. The molecule has 0 bridgehead atoms. The normalized spacial score (nSPS) is 15.3. The van der Waals surface area contributed by atoms with E-state index in [1.54, 1.807) is 13.8 Å². The molecular weight excluding hydrogens is 304 g/mol. The predicted octanol–water partition coefficient (Wildman–Crippen LogP) is 0.969. The zero-order valence-corrected chi connectivity index (χ0v) is 14.6. The standard InChI is InChI=1S/C18H28N4O2/c1-18(2,19)17(24)20-10-6-9-16(23)22-13-11-21(12-14-22)15-7-4-3-5-8-15/h3-5,7-8H,6,9-14,19H2,1-2H3,(H,20,24). The molecule has 1 aromatic rings. The van der Waals surface area contributed by atoms with Crippen molar-refractivity contribution in [3.05, 3.63) is 30.3 Å². The summed E-state index contributed by atoms with van der Waals surface area (Å²) in [4.78, 5) is 28.1. The van der Waals surface area contributed by atoms with Crippen molar-refractivity contribution in [1.29, 1.82) is 0 Å². The minimum Gasteiger partial charge on any atom is -0.368 e. The van der Waals surface area contributed by atoms with Gasteiger partial charge in [-0.2, -0.15) is 0 Å². The highest BCUT2D eigenvalue weighted by atomic mass is 16.2. The van der Waals surface area contributed by atoms with Crippen LogP contribution in [0.5, 0.6) is 0 Å². The molecular formula is C18H28N4O2. The molecule has 1 aromatic carbocycles. The summed E-state index contributed by atoms with van der Waals surface area (Å²) < 4.78 is 0. The van der Waals surface area contributed by atoms with E-state index in [-0.39, 0.29) is 11.8 Å². The molecule has 0 unspecified atom stereocenters. The topological polar surface area (TPSA) is 78.7 Å². The van der Waals surface area contributed by atoms with Crippen molar-refractivity contribution in [3.8, 4) is 0 Å². The van der Waals surface area contributed by atoms with Crippen LogP contribution in [0, 0.1) is 0 Å². The number of nitrogens with one attached hydrogen (secondary N) is 1. The monoisotopic (exact) mass is 332 g/mol. The molecule has 6 heteroatoms. The Morgan fingerprint density at radius 3 is 2.33 bits per heavy atom. The second-order valence-corrected chi connectivity index (χ2v) is 6.78. The Bertz CT molecular complexity index is 546. The molecule has 1 aliphatic rings. The van der Waals surface area contributed by atoms with E-state index in [0.29, 0.717) is 19.4 Å². The summed E-state index contributed by atoms with van der Waals surface area (Å²) in [6.07, 6.45) is 1.09. The predicted molar refractivity (Wildman–Crippen MR) is 95.7 cm³/mol. The van der Waals surface area contributed by atoms with Crippen molar-refractivity contribution in [2.45, 2.75) is 32.2 Å². The summed E-state index contributed by atoms with van der Waals surface area (Å²) in [5, 5.41) is 2.77. The Balaban J connectivity index is 1.67. The first kappa shape index (κ1) is 18.3. The van der Waals surface area contributed by atoms with E-state index in [9.17, 15) is 9.59 Å². The SMILES string of the molecule is CC(C)(N)C(=O)NCCCC(=O)N1CCN(c2ccccc2)CC1. The van der Waals surface area contributed by atoms with Gasteiger partial charge in [-0.1, -0.05) is 18.2 Å². The number of carbonyl (C=O) groups is 2. The summed E-state index contributed by atoms with van der Waals surface area (Å²) in [7, 11) is 0. The molecule has 1 fully saturated rings. The fourth-order valence-electron chi connectivity index (χ4n) is 2.68. The van der Waals surface area contributed by atoms with Crippen LogP contribution in [-0.4, -0.2) is 55.0 Å². The van der Waals surface area contributed by atoms with E-state index in [4.69, 9.17) is 5.73 Å². The van der Waals surface area contributed by atoms with E-state index >= 15 is 0 Å². The van der Waals surface area contributed by atoms with Crippen LogP contribution in [0.4, 0.5) is 5.69 Å². The lowest BCUT2D eigenvalue weighted by Crippen LogP contribution is -2.50. The Hall–Kier alpha value is -2.08. The van der Waals surface area contributed by atoms with Gasteiger partial charge in [-0.15, -0.1) is 0 Å². The molecule has 2 rings (SSSR count).